The highest BCUT2D eigenvalue weighted by molar-refractivity contribution is 7.90. The molecule has 0 aromatic carbocycles. The number of carbonyl (C=O) groups excluding carboxylic acids is 1. The number of carbonyl (C=O) groups is 1. The number of allylic oxidation sites excluding steroid dienone is 2. The molecule has 8 heteroatoms. The van der Waals surface area contributed by atoms with Crippen molar-refractivity contribution in [3.63, 3.8) is 0 Å². The Morgan fingerprint density at radius 2 is 2.35 bits per heavy atom. The van der Waals surface area contributed by atoms with Gasteiger partial charge >= 0.3 is 0 Å². The van der Waals surface area contributed by atoms with Crippen molar-refractivity contribution < 1.29 is 17.9 Å². The Morgan fingerprint density at radius 3 is 3.05 bits per heavy atom. The first-order chi connectivity index (χ1) is 9.43. The molecular formula is C12H17N3O4S. The van der Waals surface area contributed by atoms with Crippen LogP contribution in [0.15, 0.2) is 28.3 Å². The fourth-order valence-electron chi connectivity index (χ4n) is 1.99. The average Bonchev–Trinajstić information content (AvgIpc) is 2.37. The van der Waals surface area contributed by atoms with Gasteiger partial charge in [-0.3, -0.25) is 4.79 Å². The molecule has 1 N–H and O–H groups in total. The van der Waals surface area contributed by atoms with Crippen molar-refractivity contribution in [3.05, 3.63) is 23.9 Å². The molecule has 0 saturated heterocycles. The third kappa shape index (κ3) is 3.26. The molecule has 2 heterocycles. The number of nitrogens with zero attached hydrogens (tertiary/aromatic N) is 2. The Kier molecular flexibility index (Phi) is 4.24. The summed E-state index contributed by atoms with van der Waals surface area (Å²) >= 11 is 0. The fourth-order valence-corrected chi connectivity index (χ4v) is 2.97. The second-order valence-electron chi connectivity index (χ2n) is 4.65. The molecule has 1 atom stereocenters. The Morgan fingerprint density at radius 1 is 1.60 bits per heavy atom. The van der Waals surface area contributed by atoms with E-state index in [-0.39, 0.29) is 29.1 Å². The summed E-state index contributed by atoms with van der Waals surface area (Å²) in [6, 6.07) is -0.173. The van der Waals surface area contributed by atoms with Gasteiger partial charge in [0.2, 0.25) is 0 Å². The highest BCUT2D eigenvalue weighted by Gasteiger charge is 2.30. The number of methoxy groups -OCH3 is 1. The molecule has 110 valence electrons. The first-order valence-electron chi connectivity index (χ1n) is 6.21. The molecule has 0 spiro atoms. The number of fused-ring (bicyclic) bond motifs is 1. The van der Waals surface area contributed by atoms with Crippen molar-refractivity contribution in [2.75, 3.05) is 26.0 Å². The highest BCUT2D eigenvalue weighted by Crippen LogP contribution is 2.17. The average molecular weight is 299 g/mol. The molecule has 2 aliphatic rings. The maximum absolute atomic E-state index is 12.2. The van der Waals surface area contributed by atoms with Gasteiger partial charge in [-0.05, 0) is 19.1 Å². The Bertz CT molecular complexity index is 592. The van der Waals surface area contributed by atoms with Crippen LogP contribution in [0.2, 0.25) is 0 Å². The second kappa shape index (κ2) is 5.76. The zero-order valence-corrected chi connectivity index (χ0v) is 12.2. The maximum Gasteiger partial charge on any atom is 0.256 e. The molecule has 2 rings (SSSR count). The summed E-state index contributed by atoms with van der Waals surface area (Å²) in [6.07, 6.45) is 4.97. The van der Waals surface area contributed by atoms with E-state index >= 15 is 0 Å². The lowest BCUT2D eigenvalue weighted by molar-refractivity contribution is -0.118. The minimum atomic E-state index is -3.49. The van der Waals surface area contributed by atoms with Gasteiger partial charge in [0.15, 0.2) is 5.84 Å². The molecule has 0 aromatic rings. The van der Waals surface area contributed by atoms with E-state index in [1.807, 2.05) is 0 Å². The van der Waals surface area contributed by atoms with Crippen LogP contribution in [0.3, 0.4) is 0 Å². The summed E-state index contributed by atoms with van der Waals surface area (Å²) < 4.78 is 31.8. The van der Waals surface area contributed by atoms with E-state index in [1.54, 1.807) is 37.3 Å². The van der Waals surface area contributed by atoms with Crippen molar-refractivity contribution in [3.8, 4) is 0 Å². The van der Waals surface area contributed by atoms with Crippen LogP contribution in [0.5, 0.6) is 0 Å². The lowest BCUT2D eigenvalue weighted by atomic mass is 10.1. The SMILES string of the molecule is COC[C@@H](C)NC(=O)C1=CC=CN2CCS(=O)(=O)N=C12. The van der Waals surface area contributed by atoms with Gasteiger partial charge in [-0.2, -0.15) is 0 Å². The van der Waals surface area contributed by atoms with Gasteiger partial charge in [0.1, 0.15) is 0 Å². The van der Waals surface area contributed by atoms with Gasteiger partial charge in [-0.25, -0.2) is 8.42 Å². The molecule has 20 heavy (non-hydrogen) atoms. The van der Waals surface area contributed by atoms with Crippen molar-refractivity contribution in [2.45, 2.75) is 13.0 Å². The molecular weight excluding hydrogens is 282 g/mol. The molecule has 0 unspecified atom stereocenters. The van der Waals surface area contributed by atoms with Gasteiger partial charge < -0.3 is 15.0 Å². The van der Waals surface area contributed by atoms with E-state index in [2.05, 4.69) is 9.71 Å². The molecule has 1 amide bonds. The minimum Gasteiger partial charge on any atom is -0.383 e. The van der Waals surface area contributed by atoms with Crippen molar-refractivity contribution in [1.82, 2.24) is 10.2 Å². The lowest BCUT2D eigenvalue weighted by Crippen LogP contribution is -2.44. The van der Waals surface area contributed by atoms with Crippen LogP contribution in [0.1, 0.15) is 6.92 Å². The van der Waals surface area contributed by atoms with Gasteiger partial charge in [-0.15, -0.1) is 4.40 Å². The number of amidine groups is 1. The third-order valence-corrected chi connectivity index (χ3v) is 4.05. The van der Waals surface area contributed by atoms with E-state index in [0.29, 0.717) is 13.2 Å². The van der Waals surface area contributed by atoms with Crippen LogP contribution in [-0.2, 0) is 19.6 Å². The number of nitrogens with one attached hydrogen (secondary N) is 1. The number of hydrogen-bond donors (Lipinski definition) is 1. The Hall–Kier alpha value is -1.67. The zero-order valence-electron chi connectivity index (χ0n) is 11.4. The monoisotopic (exact) mass is 299 g/mol. The first-order valence-corrected chi connectivity index (χ1v) is 7.82. The third-order valence-electron chi connectivity index (χ3n) is 2.90. The standard InChI is InChI=1S/C12H17N3O4S/c1-9(8-19-2)13-12(16)10-4-3-5-15-6-7-20(17,18)14-11(10)15/h3-5,9H,6-8H2,1-2H3,(H,13,16)/t9-/m1/s1. The molecule has 0 saturated carbocycles. The summed E-state index contributed by atoms with van der Waals surface area (Å²) in [5.41, 5.74) is 0.249. The summed E-state index contributed by atoms with van der Waals surface area (Å²) in [6.45, 7) is 2.48. The van der Waals surface area contributed by atoms with E-state index in [1.165, 1.54) is 0 Å². The summed E-state index contributed by atoms with van der Waals surface area (Å²) in [4.78, 5) is 13.8. The van der Waals surface area contributed by atoms with Crippen LogP contribution in [0.25, 0.3) is 0 Å². The fraction of sp³-hybridized carbons (Fsp3) is 0.500. The number of ether oxygens (including phenoxy) is 1. The molecule has 0 bridgehead atoms. The minimum absolute atomic E-state index is 0.0458. The van der Waals surface area contributed by atoms with Crippen LogP contribution in [0.4, 0.5) is 0 Å². The van der Waals surface area contributed by atoms with E-state index in [4.69, 9.17) is 4.74 Å². The van der Waals surface area contributed by atoms with Crippen LogP contribution < -0.4 is 5.32 Å². The molecule has 2 aliphatic heterocycles. The predicted octanol–water partition coefficient (Wildman–Crippen LogP) is -0.365. The van der Waals surface area contributed by atoms with Gasteiger partial charge in [-0.1, -0.05) is 0 Å². The Balaban J connectivity index is 2.22. The van der Waals surface area contributed by atoms with E-state index in [9.17, 15) is 13.2 Å². The molecule has 0 aromatic heterocycles. The van der Waals surface area contributed by atoms with Crippen LogP contribution in [-0.4, -0.2) is 57.1 Å². The van der Waals surface area contributed by atoms with Crippen molar-refractivity contribution >= 4 is 21.8 Å². The number of amides is 1. The summed E-state index contributed by atoms with van der Waals surface area (Å²) in [5.74, 6) is -0.226. The van der Waals surface area contributed by atoms with Crippen LogP contribution in [0, 0.1) is 0 Å². The molecule has 7 nitrogen and oxygen atoms in total. The quantitative estimate of drug-likeness (QED) is 0.765. The maximum atomic E-state index is 12.2. The van der Waals surface area contributed by atoms with Gasteiger partial charge in [0.05, 0.1) is 17.9 Å². The van der Waals surface area contributed by atoms with Crippen molar-refractivity contribution in [1.29, 1.82) is 0 Å². The first kappa shape index (κ1) is 14.7. The van der Waals surface area contributed by atoms with Crippen molar-refractivity contribution in [2.24, 2.45) is 4.40 Å². The second-order valence-corrected chi connectivity index (χ2v) is 6.40. The van der Waals surface area contributed by atoms with Gasteiger partial charge in [0.25, 0.3) is 15.9 Å². The normalized spacial score (nSPS) is 21.6. The van der Waals surface area contributed by atoms with E-state index < -0.39 is 10.0 Å². The van der Waals surface area contributed by atoms with Gasteiger partial charge in [0, 0.05) is 25.9 Å². The number of rotatable bonds is 4. The topological polar surface area (TPSA) is 88.1 Å². The highest BCUT2D eigenvalue weighted by atomic mass is 32.2. The smallest absolute Gasteiger partial charge is 0.256 e. The Labute approximate surface area is 118 Å². The largest absolute Gasteiger partial charge is 0.383 e. The van der Waals surface area contributed by atoms with Crippen LogP contribution >= 0.6 is 0 Å². The summed E-state index contributed by atoms with van der Waals surface area (Å²) in [7, 11) is -1.94. The number of hydrogen-bond acceptors (Lipinski definition) is 5. The summed E-state index contributed by atoms with van der Waals surface area (Å²) in [5, 5.41) is 2.74. The molecule has 0 radical (unpaired) electrons. The zero-order chi connectivity index (χ0) is 14.8. The number of sulfonamides is 1. The van der Waals surface area contributed by atoms with E-state index in [0.717, 1.165) is 0 Å². The lowest BCUT2D eigenvalue weighted by Gasteiger charge is -2.29. The molecule has 0 aliphatic carbocycles. The molecule has 0 fully saturated rings. The predicted molar refractivity (Wildman–Crippen MR) is 74.6 cm³/mol.